The number of nitrogens with zero attached hydrogens (tertiary/aromatic N) is 2. The zero-order chi connectivity index (χ0) is 12.4. The summed E-state index contributed by atoms with van der Waals surface area (Å²) < 4.78 is 0.693. The summed E-state index contributed by atoms with van der Waals surface area (Å²) in [6.07, 6.45) is 0. The molecule has 88 valence electrons. The number of carbonyl (C=O) groups is 1. The number of carbonyl (C=O) groups excluding carboxylic acids is 1. The zero-order valence-electron chi connectivity index (χ0n) is 8.90. The molecule has 0 fully saturated rings. The van der Waals surface area contributed by atoms with Gasteiger partial charge in [-0.2, -0.15) is 0 Å². The summed E-state index contributed by atoms with van der Waals surface area (Å²) in [5, 5.41) is 11.5. The minimum atomic E-state index is -0.292. The molecule has 0 aliphatic rings. The SMILES string of the molecule is Cc1nnc(NC(=O)c2cccc(Br)c2N)s1. The highest BCUT2D eigenvalue weighted by molar-refractivity contribution is 9.10. The van der Waals surface area contributed by atoms with E-state index in [9.17, 15) is 4.79 Å². The fourth-order valence-electron chi connectivity index (χ4n) is 1.25. The summed E-state index contributed by atoms with van der Waals surface area (Å²) >= 11 is 4.59. The molecule has 0 saturated heterocycles. The van der Waals surface area contributed by atoms with E-state index in [1.54, 1.807) is 18.2 Å². The van der Waals surface area contributed by atoms with Crippen molar-refractivity contribution in [2.75, 3.05) is 11.1 Å². The summed E-state index contributed by atoms with van der Waals surface area (Å²) in [6.45, 7) is 1.82. The first-order valence-electron chi connectivity index (χ1n) is 4.73. The average Bonchev–Trinajstić information content (AvgIpc) is 2.68. The molecule has 1 aromatic carbocycles. The minimum absolute atomic E-state index is 0.292. The number of benzene rings is 1. The maximum absolute atomic E-state index is 11.9. The van der Waals surface area contributed by atoms with Gasteiger partial charge in [0.25, 0.3) is 5.91 Å². The van der Waals surface area contributed by atoms with E-state index in [4.69, 9.17) is 5.73 Å². The molecule has 0 spiro atoms. The van der Waals surface area contributed by atoms with Gasteiger partial charge in [-0.3, -0.25) is 10.1 Å². The lowest BCUT2D eigenvalue weighted by atomic mass is 10.2. The number of halogens is 1. The molecule has 0 atom stereocenters. The van der Waals surface area contributed by atoms with Crippen LogP contribution in [0.1, 0.15) is 15.4 Å². The second kappa shape index (κ2) is 4.80. The lowest BCUT2D eigenvalue weighted by Gasteiger charge is -2.05. The van der Waals surface area contributed by atoms with Crippen molar-refractivity contribution in [2.45, 2.75) is 6.92 Å². The second-order valence-electron chi connectivity index (χ2n) is 3.28. The van der Waals surface area contributed by atoms with Gasteiger partial charge in [0.2, 0.25) is 5.13 Å². The van der Waals surface area contributed by atoms with Gasteiger partial charge in [0.05, 0.1) is 11.3 Å². The van der Waals surface area contributed by atoms with E-state index < -0.39 is 0 Å². The first-order chi connectivity index (χ1) is 8.08. The molecule has 0 aliphatic carbocycles. The molecule has 0 radical (unpaired) electrons. The Kier molecular flexibility index (Phi) is 3.39. The molecule has 7 heteroatoms. The van der Waals surface area contributed by atoms with Crippen LogP contribution in [0.25, 0.3) is 0 Å². The molecule has 0 saturated carbocycles. The zero-order valence-corrected chi connectivity index (χ0v) is 11.3. The largest absolute Gasteiger partial charge is 0.397 e. The van der Waals surface area contributed by atoms with Gasteiger partial charge < -0.3 is 5.73 Å². The van der Waals surface area contributed by atoms with E-state index in [0.717, 1.165) is 5.01 Å². The quantitative estimate of drug-likeness (QED) is 0.835. The van der Waals surface area contributed by atoms with Gasteiger partial charge in [-0.15, -0.1) is 10.2 Å². The molecule has 1 heterocycles. The van der Waals surface area contributed by atoms with Gasteiger partial charge in [0, 0.05) is 4.47 Å². The van der Waals surface area contributed by atoms with E-state index >= 15 is 0 Å². The smallest absolute Gasteiger partial charge is 0.259 e. The fourth-order valence-corrected chi connectivity index (χ4v) is 2.20. The first-order valence-corrected chi connectivity index (χ1v) is 6.34. The third-order valence-corrected chi connectivity index (χ3v) is 3.49. The number of hydrogen-bond acceptors (Lipinski definition) is 5. The number of nitrogen functional groups attached to an aromatic ring is 1. The summed E-state index contributed by atoms with van der Waals surface area (Å²) in [7, 11) is 0. The van der Waals surface area contributed by atoms with Crippen LogP contribution in [-0.2, 0) is 0 Å². The maximum Gasteiger partial charge on any atom is 0.259 e. The van der Waals surface area contributed by atoms with Crippen molar-refractivity contribution in [1.82, 2.24) is 10.2 Å². The monoisotopic (exact) mass is 312 g/mol. The third-order valence-electron chi connectivity index (χ3n) is 2.04. The van der Waals surface area contributed by atoms with Crippen molar-refractivity contribution in [3.63, 3.8) is 0 Å². The summed E-state index contributed by atoms with van der Waals surface area (Å²) in [5.74, 6) is -0.292. The van der Waals surface area contributed by atoms with Crippen LogP contribution in [0, 0.1) is 6.92 Å². The Morgan fingerprint density at radius 3 is 2.88 bits per heavy atom. The molecule has 0 bridgehead atoms. The van der Waals surface area contributed by atoms with Crippen LogP contribution in [-0.4, -0.2) is 16.1 Å². The predicted molar refractivity (Wildman–Crippen MR) is 71.2 cm³/mol. The van der Waals surface area contributed by atoms with Crippen molar-refractivity contribution in [3.8, 4) is 0 Å². The van der Waals surface area contributed by atoms with Gasteiger partial charge in [0.1, 0.15) is 5.01 Å². The number of aryl methyl sites for hydroxylation is 1. The molecule has 5 nitrogen and oxygen atoms in total. The maximum atomic E-state index is 11.9. The minimum Gasteiger partial charge on any atom is -0.397 e. The van der Waals surface area contributed by atoms with Crippen molar-refractivity contribution in [2.24, 2.45) is 0 Å². The summed E-state index contributed by atoms with van der Waals surface area (Å²) in [6, 6.07) is 5.19. The first kappa shape index (κ1) is 12.0. The van der Waals surface area contributed by atoms with Gasteiger partial charge >= 0.3 is 0 Å². The number of hydrogen-bond donors (Lipinski definition) is 2. The summed E-state index contributed by atoms with van der Waals surface area (Å²) in [5.41, 5.74) is 6.62. The number of amides is 1. The Labute approximate surface area is 110 Å². The number of para-hydroxylation sites is 1. The highest BCUT2D eigenvalue weighted by Gasteiger charge is 2.13. The van der Waals surface area contributed by atoms with Gasteiger partial charge in [-0.1, -0.05) is 17.4 Å². The van der Waals surface area contributed by atoms with E-state index in [2.05, 4.69) is 31.4 Å². The standard InChI is InChI=1S/C10H9BrN4OS/c1-5-14-15-10(17-5)13-9(16)6-3-2-4-7(11)8(6)12/h2-4H,12H2,1H3,(H,13,15,16). The van der Waals surface area contributed by atoms with Crippen molar-refractivity contribution in [1.29, 1.82) is 0 Å². The third kappa shape index (κ3) is 2.62. The predicted octanol–water partition coefficient (Wildman–Crippen LogP) is 2.44. The van der Waals surface area contributed by atoms with Gasteiger partial charge in [-0.05, 0) is 35.0 Å². The molecule has 0 unspecified atom stereocenters. The molecule has 3 N–H and O–H groups in total. The van der Waals surface area contributed by atoms with E-state index in [1.807, 2.05) is 6.92 Å². The van der Waals surface area contributed by atoms with Crippen molar-refractivity contribution >= 4 is 44.0 Å². The Morgan fingerprint density at radius 2 is 2.24 bits per heavy atom. The van der Waals surface area contributed by atoms with Crippen LogP contribution >= 0.6 is 27.3 Å². The van der Waals surface area contributed by atoms with Gasteiger partial charge in [-0.25, -0.2) is 0 Å². The van der Waals surface area contributed by atoms with Crippen LogP contribution < -0.4 is 11.1 Å². The molecule has 1 amide bonds. The number of aromatic nitrogens is 2. The number of anilines is 2. The van der Waals surface area contributed by atoms with Crippen LogP contribution in [0.5, 0.6) is 0 Å². The van der Waals surface area contributed by atoms with Crippen LogP contribution in [0.2, 0.25) is 0 Å². The topological polar surface area (TPSA) is 80.9 Å². The van der Waals surface area contributed by atoms with Crippen molar-refractivity contribution in [3.05, 3.63) is 33.2 Å². The van der Waals surface area contributed by atoms with E-state index in [-0.39, 0.29) is 5.91 Å². The normalized spacial score (nSPS) is 10.2. The molecule has 2 rings (SSSR count). The summed E-state index contributed by atoms with van der Waals surface area (Å²) in [4.78, 5) is 11.9. The second-order valence-corrected chi connectivity index (χ2v) is 5.32. The van der Waals surface area contributed by atoms with Crippen LogP contribution in [0.3, 0.4) is 0 Å². The Hall–Kier alpha value is -1.47. The molecule has 2 aromatic rings. The van der Waals surface area contributed by atoms with E-state index in [1.165, 1.54) is 11.3 Å². The highest BCUT2D eigenvalue weighted by atomic mass is 79.9. The molecular weight excluding hydrogens is 304 g/mol. The number of rotatable bonds is 2. The Morgan fingerprint density at radius 1 is 1.47 bits per heavy atom. The Balaban J connectivity index is 2.23. The van der Waals surface area contributed by atoms with E-state index in [0.29, 0.717) is 20.9 Å². The van der Waals surface area contributed by atoms with Crippen LogP contribution in [0.15, 0.2) is 22.7 Å². The molecule has 0 aliphatic heterocycles. The lowest BCUT2D eigenvalue weighted by molar-refractivity contribution is 0.102. The Bertz CT molecular complexity index is 569. The average molecular weight is 313 g/mol. The molecule has 1 aromatic heterocycles. The highest BCUT2D eigenvalue weighted by Crippen LogP contribution is 2.24. The fraction of sp³-hybridized carbons (Fsp3) is 0.100. The molecule has 17 heavy (non-hydrogen) atoms. The van der Waals surface area contributed by atoms with Gasteiger partial charge in [0.15, 0.2) is 0 Å². The van der Waals surface area contributed by atoms with Crippen molar-refractivity contribution < 1.29 is 4.79 Å². The number of nitrogens with two attached hydrogens (primary N) is 1. The van der Waals surface area contributed by atoms with Crippen LogP contribution in [0.4, 0.5) is 10.8 Å². The molecular formula is C10H9BrN4OS. The number of nitrogens with one attached hydrogen (secondary N) is 1. The lowest BCUT2D eigenvalue weighted by Crippen LogP contribution is -2.14.